The average Bonchev–Trinajstić information content (AvgIpc) is 2.37. The first-order valence-electron chi connectivity index (χ1n) is 5.99. The van der Waals surface area contributed by atoms with Crippen LogP contribution < -0.4 is 5.90 Å². The molecule has 1 aromatic rings. The van der Waals surface area contributed by atoms with Crippen molar-refractivity contribution in [2.45, 2.75) is 25.2 Å². The van der Waals surface area contributed by atoms with Crippen LogP contribution in [0.15, 0.2) is 18.2 Å². The first-order valence-corrected chi connectivity index (χ1v) is 6.37. The molecular formula is C13H18ClNO2. The second kappa shape index (κ2) is 6.36. The lowest BCUT2D eigenvalue weighted by molar-refractivity contribution is 0.0853. The second-order valence-corrected chi connectivity index (χ2v) is 4.77. The smallest absolute Gasteiger partial charge is 0.0719 e. The van der Waals surface area contributed by atoms with Gasteiger partial charge in [0.05, 0.1) is 6.61 Å². The van der Waals surface area contributed by atoms with E-state index in [9.17, 15) is 0 Å². The van der Waals surface area contributed by atoms with Crippen molar-refractivity contribution in [2.75, 3.05) is 19.8 Å². The van der Waals surface area contributed by atoms with Crippen LogP contribution in [0.4, 0.5) is 0 Å². The van der Waals surface area contributed by atoms with Gasteiger partial charge in [0.25, 0.3) is 0 Å². The molecule has 0 spiro atoms. The lowest BCUT2D eigenvalue weighted by Gasteiger charge is -2.23. The zero-order valence-corrected chi connectivity index (χ0v) is 10.6. The predicted octanol–water partition coefficient (Wildman–Crippen LogP) is 2.67. The summed E-state index contributed by atoms with van der Waals surface area (Å²) in [6.45, 7) is 2.19. The fourth-order valence-electron chi connectivity index (χ4n) is 2.24. The van der Waals surface area contributed by atoms with Gasteiger partial charge in [0, 0.05) is 18.2 Å². The number of nitrogens with two attached hydrogens (primary N) is 1. The normalized spacial score (nSPS) is 17.3. The van der Waals surface area contributed by atoms with E-state index in [-0.39, 0.29) is 0 Å². The van der Waals surface area contributed by atoms with Crippen molar-refractivity contribution in [1.82, 2.24) is 0 Å². The minimum Gasteiger partial charge on any atom is -0.381 e. The standard InChI is InChI=1S/C13H18ClNO2/c14-13-9-10(3-8-17-15)1-2-12(13)11-4-6-16-7-5-11/h1-2,9,11H,3-8,15H2. The molecule has 1 aliphatic rings. The van der Waals surface area contributed by atoms with Crippen molar-refractivity contribution in [1.29, 1.82) is 0 Å². The molecule has 0 bridgehead atoms. The van der Waals surface area contributed by atoms with Crippen molar-refractivity contribution in [2.24, 2.45) is 5.90 Å². The zero-order chi connectivity index (χ0) is 12.1. The molecule has 1 aromatic carbocycles. The first kappa shape index (κ1) is 12.8. The van der Waals surface area contributed by atoms with E-state index in [1.807, 2.05) is 6.07 Å². The minimum atomic E-state index is 0.521. The van der Waals surface area contributed by atoms with Gasteiger partial charge in [-0.15, -0.1) is 0 Å². The summed E-state index contributed by atoms with van der Waals surface area (Å²) in [6.07, 6.45) is 2.92. The van der Waals surface area contributed by atoms with Crippen molar-refractivity contribution in [3.63, 3.8) is 0 Å². The predicted molar refractivity (Wildman–Crippen MR) is 68.1 cm³/mol. The van der Waals surface area contributed by atoms with Gasteiger partial charge in [0.15, 0.2) is 0 Å². The van der Waals surface area contributed by atoms with Crippen LogP contribution in [-0.4, -0.2) is 19.8 Å². The van der Waals surface area contributed by atoms with Crippen LogP contribution in [0.2, 0.25) is 5.02 Å². The van der Waals surface area contributed by atoms with Gasteiger partial charge in [-0.1, -0.05) is 23.7 Å². The van der Waals surface area contributed by atoms with E-state index in [1.54, 1.807) is 0 Å². The Hall–Kier alpha value is -0.610. The van der Waals surface area contributed by atoms with Crippen molar-refractivity contribution in [3.8, 4) is 0 Å². The first-order chi connectivity index (χ1) is 8.31. The van der Waals surface area contributed by atoms with Gasteiger partial charge in [0.1, 0.15) is 0 Å². The van der Waals surface area contributed by atoms with E-state index in [0.717, 1.165) is 43.1 Å². The highest BCUT2D eigenvalue weighted by atomic mass is 35.5. The quantitative estimate of drug-likeness (QED) is 0.842. The van der Waals surface area contributed by atoms with Crippen LogP contribution in [-0.2, 0) is 16.0 Å². The van der Waals surface area contributed by atoms with Gasteiger partial charge in [-0.05, 0) is 42.4 Å². The molecule has 0 saturated carbocycles. The summed E-state index contributed by atoms with van der Waals surface area (Å²) in [7, 11) is 0. The fraction of sp³-hybridized carbons (Fsp3) is 0.538. The third-order valence-corrected chi connectivity index (χ3v) is 3.56. The van der Waals surface area contributed by atoms with E-state index >= 15 is 0 Å². The molecule has 2 N–H and O–H groups in total. The average molecular weight is 256 g/mol. The summed E-state index contributed by atoms with van der Waals surface area (Å²) in [4.78, 5) is 4.57. The van der Waals surface area contributed by atoms with Crippen LogP contribution in [0.25, 0.3) is 0 Å². The highest BCUT2D eigenvalue weighted by Crippen LogP contribution is 2.32. The highest BCUT2D eigenvalue weighted by molar-refractivity contribution is 6.31. The molecule has 0 aliphatic carbocycles. The van der Waals surface area contributed by atoms with E-state index < -0.39 is 0 Å². The van der Waals surface area contributed by atoms with Crippen LogP contribution in [0.3, 0.4) is 0 Å². The summed E-state index contributed by atoms with van der Waals surface area (Å²) in [5.74, 6) is 5.55. The number of hydrogen-bond acceptors (Lipinski definition) is 3. The lowest BCUT2D eigenvalue weighted by atomic mass is 9.91. The number of rotatable bonds is 4. The monoisotopic (exact) mass is 255 g/mol. The Kier molecular flexibility index (Phi) is 4.80. The minimum absolute atomic E-state index is 0.521. The van der Waals surface area contributed by atoms with Gasteiger partial charge in [-0.25, -0.2) is 5.90 Å². The van der Waals surface area contributed by atoms with Gasteiger partial charge < -0.3 is 9.57 Å². The second-order valence-electron chi connectivity index (χ2n) is 4.36. The lowest BCUT2D eigenvalue weighted by Crippen LogP contribution is -2.14. The molecule has 4 heteroatoms. The Morgan fingerprint density at radius 2 is 2.12 bits per heavy atom. The third kappa shape index (κ3) is 3.42. The van der Waals surface area contributed by atoms with E-state index in [1.165, 1.54) is 5.56 Å². The number of ether oxygens (including phenoxy) is 1. The SMILES string of the molecule is NOCCc1ccc(C2CCOCC2)c(Cl)c1. The van der Waals surface area contributed by atoms with Gasteiger partial charge in [-0.2, -0.15) is 0 Å². The largest absolute Gasteiger partial charge is 0.381 e. The van der Waals surface area contributed by atoms with E-state index in [4.69, 9.17) is 22.2 Å². The molecule has 1 aliphatic heterocycles. The number of benzene rings is 1. The fourth-order valence-corrected chi connectivity index (χ4v) is 2.60. The molecule has 1 saturated heterocycles. The molecule has 17 heavy (non-hydrogen) atoms. The summed E-state index contributed by atoms with van der Waals surface area (Å²) < 4.78 is 5.36. The zero-order valence-electron chi connectivity index (χ0n) is 9.82. The Morgan fingerprint density at radius 1 is 1.35 bits per heavy atom. The number of halogens is 1. The van der Waals surface area contributed by atoms with Crippen molar-refractivity contribution < 1.29 is 9.57 Å². The molecule has 0 atom stereocenters. The van der Waals surface area contributed by atoms with E-state index in [2.05, 4.69) is 17.0 Å². The maximum atomic E-state index is 6.33. The Labute approximate surface area is 107 Å². The molecular weight excluding hydrogens is 238 g/mol. The topological polar surface area (TPSA) is 44.5 Å². The van der Waals surface area contributed by atoms with Crippen molar-refractivity contribution >= 4 is 11.6 Å². The van der Waals surface area contributed by atoms with Crippen LogP contribution in [0.5, 0.6) is 0 Å². The van der Waals surface area contributed by atoms with Crippen molar-refractivity contribution in [3.05, 3.63) is 34.3 Å². The molecule has 0 aromatic heterocycles. The number of hydrogen-bond donors (Lipinski definition) is 1. The van der Waals surface area contributed by atoms with Crippen LogP contribution in [0.1, 0.15) is 29.9 Å². The summed E-state index contributed by atoms with van der Waals surface area (Å²) >= 11 is 6.33. The van der Waals surface area contributed by atoms with Gasteiger partial charge >= 0.3 is 0 Å². The van der Waals surface area contributed by atoms with Gasteiger partial charge in [0.2, 0.25) is 0 Å². The molecule has 1 fully saturated rings. The summed E-state index contributed by atoms with van der Waals surface area (Å²) in [5, 5.41) is 0.853. The third-order valence-electron chi connectivity index (χ3n) is 3.23. The molecule has 94 valence electrons. The molecule has 3 nitrogen and oxygen atoms in total. The molecule has 0 amide bonds. The Morgan fingerprint density at radius 3 is 2.76 bits per heavy atom. The highest BCUT2D eigenvalue weighted by Gasteiger charge is 2.18. The molecule has 2 rings (SSSR count). The maximum absolute atomic E-state index is 6.33. The Bertz CT molecular complexity index is 364. The van der Waals surface area contributed by atoms with E-state index in [0.29, 0.717) is 12.5 Å². The Balaban J connectivity index is 2.07. The molecule has 1 heterocycles. The molecule has 0 unspecified atom stereocenters. The van der Waals surface area contributed by atoms with Gasteiger partial charge in [-0.3, -0.25) is 0 Å². The summed E-state index contributed by atoms with van der Waals surface area (Å²) in [6, 6.07) is 6.26. The summed E-state index contributed by atoms with van der Waals surface area (Å²) in [5.41, 5.74) is 2.41. The molecule has 0 radical (unpaired) electrons. The van der Waals surface area contributed by atoms with Crippen LogP contribution >= 0.6 is 11.6 Å². The van der Waals surface area contributed by atoms with Crippen LogP contribution in [0, 0.1) is 0 Å². The maximum Gasteiger partial charge on any atom is 0.0719 e.